The van der Waals surface area contributed by atoms with Crippen molar-refractivity contribution < 1.29 is 14.3 Å². The zero-order valence-corrected chi connectivity index (χ0v) is 12.7. The van der Waals surface area contributed by atoms with Crippen molar-refractivity contribution in [3.63, 3.8) is 0 Å². The van der Waals surface area contributed by atoms with Crippen molar-refractivity contribution in [3.05, 3.63) is 0 Å². The lowest BCUT2D eigenvalue weighted by Gasteiger charge is -2.40. The molecule has 19 heavy (non-hydrogen) atoms. The minimum atomic E-state index is -0.433. The van der Waals surface area contributed by atoms with Gasteiger partial charge in [0.15, 0.2) is 0 Å². The molecule has 1 fully saturated rings. The van der Waals surface area contributed by atoms with Crippen molar-refractivity contribution in [1.29, 1.82) is 0 Å². The summed E-state index contributed by atoms with van der Waals surface area (Å²) in [6, 6.07) is 0. The Hall–Kier alpha value is -0.810. The molecule has 112 valence electrons. The van der Waals surface area contributed by atoms with Gasteiger partial charge in [0.25, 0.3) is 0 Å². The zero-order valence-electron chi connectivity index (χ0n) is 12.7. The predicted octanol–water partition coefficient (Wildman–Crippen LogP) is 2.06. The van der Waals surface area contributed by atoms with E-state index < -0.39 is 5.60 Å². The van der Waals surface area contributed by atoms with Crippen LogP contribution in [0.5, 0.6) is 0 Å². The quantitative estimate of drug-likeness (QED) is 0.696. The number of hydrogen-bond acceptors (Lipinski definition) is 4. The van der Waals surface area contributed by atoms with Crippen LogP contribution < -0.4 is 10.6 Å². The second kappa shape index (κ2) is 7.10. The van der Waals surface area contributed by atoms with E-state index in [4.69, 9.17) is 9.47 Å². The SMILES string of the molecule is COC1(CNCCCNC(=O)OC(C)(C)C)CCC1. The highest BCUT2D eigenvalue weighted by atomic mass is 16.6. The summed E-state index contributed by atoms with van der Waals surface area (Å²) < 4.78 is 10.7. The van der Waals surface area contributed by atoms with Crippen molar-refractivity contribution in [3.8, 4) is 0 Å². The van der Waals surface area contributed by atoms with Crippen LogP contribution >= 0.6 is 0 Å². The number of alkyl carbamates (subject to hydrolysis) is 1. The first kappa shape index (κ1) is 16.2. The Labute approximate surface area is 116 Å². The number of rotatable bonds is 7. The van der Waals surface area contributed by atoms with Crippen LogP contribution in [-0.4, -0.2) is 44.0 Å². The summed E-state index contributed by atoms with van der Waals surface area (Å²) in [4.78, 5) is 11.4. The molecule has 0 aliphatic heterocycles. The molecule has 0 atom stereocenters. The van der Waals surface area contributed by atoms with Crippen LogP contribution in [0.3, 0.4) is 0 Å². The molecule has 0 unspecified atom stereocenters. The van der Waals surface area contributed by atoms with E-state index in [0.29, 0.717) is 6.54 Å². The summed E-state index contributed by atoms with van der Waals surface area (Å²) in [6.07, 6.45) is 4.09. The van der Waals surface area contributed by atoms with E-state index in [0.717, 1.165) is 32.4 Å². The predicted molar refractivity (Wildman–Crippen MR) is 75.3 cm³/mol. The van der Waals surface area contributed by atoms with Gasteiger partial charge in [-0.15, -0.1) is 0 Å². The molecule has 1 amide bonds. The maximum absolute atomic E-state index is 11.4. The second-order valence-electron chi connectivity index (χ2n) is 6.20. The lowest BCUT2D eigenvalue weighted by Crippen LogP contribution is -2.48. The van der Waals surface area contributed by atoms with Crippen molar-refractivity contribution in [1.82, 2.24) is 10.6 Å². The maximum Gasteiger partial charge on any atom is 0.407 e. The molecular weight excluding hydrogens is 244 g/mol. The Morgan fingerprint density at radius 2 is 1.95 bits per heavy atom. The minimum absolute atomic E-state index is 0.0680. The van der Waals surface area contributed by atoms with Gasteiger partial charge in [-0.25, -0.2) is 4.79 Å². The lowest BCUT2D eigenvalue weighted by atomic mass is 9.80. The van der Waals surface area contributed by atoms with Crippen LogP contribution in [0.4, 0.5) is 4.79 Å². The molecule has 0 aromatic rings. The van der Waals surface area contributed by atoms with Crippen LogP contribution in [0.25, 0.3) is 0 Å². The summed E-state index contributed by atoms with van der Waals surface area (Å²) in [7, 11) is 1.78. The minimum Gasteiger partial charge on any atom is -0.444 e. The number of hydrogen-bond donors (Lipinski definition) is 2. The number of carbonyl (C=O) groups is 1. The van der Waals surface area contributed by atoms with Gasteiger partial charge >= 0.3 is 6.09 Å². The van der Waals surface area contributed by atoms with Crippen LogP contribution in [0, 0.1) is 0 Å². The standard InChI is InChI=1S/C14H28N2O3/c1-13(2,3)19-12(17)16-10-6-9-15-11-14(18-4)7-5-8-14/h15H,5-11H2,1-4H3,(H,16,17). The molecule has 0 radical (unpaired) electrons. The van der Waals surface area contributed by atoms with E-state index >= 15 is 0 Å². The van der Waals surface area contributed by atoms with Crippen molar-refractivity contribution in [2.45, 2.75) is 57.7 Å². The molecule has 0 aromatic carbocycles. The summed E-state index contributed by atoms with van der Waals surface area (Å²) in [5.74, 6) is 0. The van der Waals surface area contributed by atoms with Crippen molar-refractivity contribution >= 4 is 6.09 Å². The fourth-order valence-corrected chi connectivity index (χ4v) is 2.06. The highest BCUT2D eigenvalue weighted by Gasteiger charge is 2.36. The van der Waals surface area contributed by atoms with Gasteiger partial charge in [-0.1, -0.05) is 0 Å². The Balaban J connectivity index is 1.98. The average Bonchev–Trinajstić information content (AvgIpc) is 2.23. The Morgan fingerprint density at radius 3 is 2.42 bits per heavy atom. The first-order chi connectivity index (χ1) is 8.87. The summed E-state index contributed by atoms with van der Waals surface area (Å²) in [6.45, 7) is 7.98. The molecule has 0 spiro atoms. The number of methoxy groups -OCH3 is 1. The third-order valence-corrected chi connectivity index (χ3v) is 3.34. The zero-order chi connectivity index (χ0) is 14.4. The van der Waals surface area contributed by atoms with Gasteiger partial charge in [-0.3, -0.25) is 0 Å². The van der Waals surface area contributed by atoms with Crippen LogP contribution in [0.1, 0.15) is 46.5 Å². The lowest BCUT2D eigenvalue weighted by molar-refractivity contribution is -0.0692. The fraction of sp³-hybridized carbons (Fsp3) is 0.929. The highest BCUT2D eigenvalue weighted by Crippen LogP contribution is 2.34. The molecule has 1 aliphatic rings. The highest BCUT2D eigenvalue weighted by molar-refractivity contribution is 5.67. The van der Waals surface area contributed by atoms with Gasteiger partial charge in [0, 0.05) is 20.2 Å². The Bertz CT molecular complexity index is 277. The van der Waals surface area contributed by atoms with E-state index in [9.17, 15) is 4.79 Å². The van der Waals surface area contributed by atoms with Crippen LogP contribution in [-0.2, 0) is 9.47 Å². The van der Waals surface area contributed by atoms with Crippen molar-refractivity contribution in [2.75, 3.05) is 26.7 Å². The van der Waals surface area contributed by atoms with Crippen LogP contribution in [0.15, 0.2) is 0 Å². The van der Waals surface area contributed by atoms with Crippen LogP contribution in [0.2, 0.25) is 0 Å². The normalized spacial score (nSPS) is 17.7. The van der Waals surface area contributed by atoms with E-state index in [1.807, 2.05) is 20.8 Å². The van der Waals surface area contributed by atoms with Gasteiger partial charge in [0.1, 0.15) is 5.60 Å². The fourth-order valence-electron chi connectivity index (χ4n) is 2.06. The topological polar surface area (TPSA) is 59.6 Å². The molecule has 5 heteroatoms. The van der Waals surface area contributed by atoms with Gasteiger partial charge in [-0.2, -0.15) is 0 Å². The van der Waals surface area contributed by atoms with Gasteiger partial charge in [0.05, 0.1) is 5.60 Å². The first-order valence-electron chi connectivity index (χ1n) is 7.10. The summed E-state index contributed by atoms with van der Waals surface area (Å²) >= 11 is 0. The average molecular weight is 272 g/mol. The third-order valence-electron chi connectivity index (χ3n) is 3.34. The third kappa shape index (κ3) is 6.25. The molecular formula is C14H28N2O3. The molecule has 0 bridgehead atoms. The first-order valence-corrected chi connectivity index (χ1v) is 7.10. The molecule has 5 nitrogen and oxygen atoms in total. The van der Waals surface area contributed by atoms with Gasteiger partial charge < -0.3 is 20.1 Å². The molecule has 1 rings (SSSR count). The van der Waals surface area contributed by atoms with Gasteiger partial charge in [0.2, 0.25) is 0 Å². The summed E-state index contributed by atoms with van der Waals surface area (Å²) in [5.41, 5.74) is -0.365. The van der Waals surface area contributed by atoms with E-state index in [-0.39, 0.29) is 11.7 Å². The molecule has 1 saturated carbocycles. The Morgan fingerprint density at radius 1 is 1.26 bits per heavy atom. The maximum atomic E-state index is 11.4. The smallest absolute Gasteiger partial charge is 0.407 e. The largest absolute Gasteiger partial charge is 0.444 e. The molecule has 2 N–H and O–H groups in total. The molecule has 0 aromatic heterocycles. The number of amides is 1. The van der Waals surface area contributed by atoms with Gasteiger partial charge in [-0.05, 0) is 53.0 Å². The van der Waals surface area contributed by atoms with E-state index in [1.165, 1.54) is 6.42 Å². The summed E-state index contributed by atoms with van der Waals surface area (Å²) in [5, 5.41) is 6.13. The second-order valence-corrected chi connectivity index (χ2v) is 6.20. The van der Waals surface area contributed by atoms with Crippen molar-refractivity contribution in [2.24, 2.45) is 0 Å². The molecule has 0 heterocycles. The molecule has 0 saturated heterocycles. The number of carbonyl (C=O) groups excluding carboxylic acids is 1. The monoisotopic (exact) mass is 272 g/mol. The van der Waals surface area contributed by atoms with E-state index in [2.05, 4.69) is 10.6 Å². The number of nitrogens with one attached hydrogen (secondary N) is 2. The Kier molecular flexibility index (Phi) is 6.07. The molecule has 1 aliphatic carbocycles. The van der Waals surface area contributed by atoms with E-state index in [1.54, 1.807) is 7.11 Å². The number of ether oxygens (including phenoxy) is 2.